The number of aromatic nitrogens is 4. The highest BCUT2D eigenvalue weighted by Gasteiger charge is 2.31. The van der Waals surface area contributed by atoms with Gasteiger partial charge in [0.05, 0.1) is 32.2 Å². The van der Waals surface area contributed by atoms with Gasteiger partial charge in [0.1, 0.15) is 17.2 Å². The number of nitrogens with one attached hydrogen (secondary N) is 1. The zero-order valence-corrected chi connectivity index (χ0v) is 17.0. The van der Waals surface area contributed by atoms with Gasteiger partial charge >= 0.3 is 0 Å². The summed E-state index contributed by atoms with van der Waals surface area (Å²) in [5.74, 6) is 0.399. The number of ether oxygens (including phenoxy) is 1. The van der Waals surface area contributed by atoms with Gasteiger partial charge in [0, 0.05) is 24.2 Å². The summed E-state index contributed by atoms with van der Waals surface area (Å²) in [6.07, 6.45) is 5.98. The van der Waals surface area contributed by atoms with Crippen LogP contribution in [0.1, 0.15) is 34.8 Å². The molecule has 9 nitrogen and oxygen atoms in total. The first-order chi connectivity index (χ1) is 14.6. The second-order valence-electron chi connectivity index (χ2n) is 6.68. The van der Waals surface area contributed by atoms with E-state index in [1.165, 1.54) is 23.9 Å². The molecule has 1 aliphatic rings. The van der Waals surface area contributed by atoms with Crippen molar-refractivity contribution in [2.75, 3.05) is 31.0 Å². The Morgan fingerprint density at radius 1 is 1.43 bits per heavy atom. The normalized spacial score (nSPS) is 16.2. The molecule has 4 rings (SSSR count). The Hall–Kier alpha value is -2.98. The summed E-state index contributed by atoms with van der Waals surface area (Å²) < 4.78 is 20.7. The predicted molar refractivity (Wildman–Crippen MR) is 107 cm³/mol. The molecule has 11 heteroatoms. The Labute approximate surface area is 176 Å². The van der Waals surface area contributed by atoms with E-state index in [1.54, 1.807) is 6.20 Å². The number of fused-ring (bicyclic) bond motifs is 1. The molecule has 1 saturated heterocycles. The quantitative estimate of drug-likeness (QED) is 0.347. The van der Waals surface area contributed by atoms with Gasteiger partial charge in [0.15, 0.2) is 5.65 Å². The van der Waals surface area contributed by atoms with Crippen LogP contribution in [0.15, 0.2) is 30.7 Å². The molecule has 4 heterocycles. The molecule has 158 valence electrons. The maximum absolute atomic E-state index is 13.9. The first kappa shape index (κ1) is 20.3. The summed E-state index contributed by atoms with van der Waals surface area (Å²) in [6.45, 7) is 0.909. The van der Waals surface area contributed by atoms with Crippen LogP contribution in [0.2, 0.25) is 0 Å². The molecular weight excluding hydrogens is 415 g/mol. The topological polar surface area (TPSA) is 93.9 Å². The number of hydrogen-bond acceptors (Lipinski definition) is 7. The minimum absolute atomic E-state index is 0.148. The van der Waals surface area contributed by atoms with Crippen molar-refractivity contribution in [1.82, 2.24) is 25.1 Å². The number of anilines is 1. The lowest BCUT2D eigenvalue weighted by Gasteiger charge is -2.26. The van der Waals surface area contributed by atoms with Crippen molar-refractivity contribution in [3.63, 3.8) is 0 Å². The molecule has 3 aromatic heterocycles. The molecule has 0 bridgehead atoms. The zero-order chi connectivity index (χ0) is 21.1. The minimum atomic E-state index is -0.464. The molecule has 0 radical (unpaired) electrons. The van der Waals surface area contributed by atoms with Crippen LogP contribution in [-0.2, 0) is 4.84 Å². The molecule has 0 saturated carbocycles. The molecule has 1 amide bonds. The second-order valence-corrected chi connectivity index (χ2v) is 7.06. The lowest BCUT2D eigenvalue weighted by Crippen LogP contribution is -2.26. The van der Waals surface area contributed by atoms with E-state index in [1.807, 2.05) is 6.07 Å². The number of nitrogens with zero attached hydrogens (tertiary/aromatic N) is 5. The molecule has 0 aliphatic carbocycles. The molecule has 0 spiro atoms. The van der Waals surface area contributed by atoms with Crippen molar-refractivity contribution >= 4 is 29.0 Å². The van der Waals surface area contributed by atoms with Crippen molar-refractivity contribution in [3.8, 4) is 5.88 Å². The molecule has 1 atom stereocenters. The Kier molecular flexibility index (Phi) is 5.96. The SMILES string of the molecule is COc1ncc(F)cc1[C@H]1CCCN1c1ccn2ncc(C(=O)NOCCCl)c2n1. The van der Waals surface area contributed by atoms with Crippen LogP contribution in [0.4, 0.5) is 10.2 Å². The van der Waals surface area contributed by atoms with Crippen LogP contribution in [-0.4, -0.2) is 51.6 Å². The highest BCUT2D eigenvalue weighted by atomic mass is 35.5. The Bertz CT molecular complexity index is 1060. The van der Waals surface area contributed by atoms with Crippen molar-refractivity contribution in [1.29, 1.82) is 0 Å². The van der Waals surface area contributed by atoms with E-state index in [2.05, 4.69) is 25.4 Å². The van der Waals surface area contributed by atoms with Crippen LogP contribution < -0.4 is 15.1 Å². The zero-order valence-electron chi connectivity index (χ0n) is 16.2. The van der Waals surface area contributed by atoms with Gasteiger partial charge in [-0.25, -0.2) is 24.4 Å². The van der Waals surface area contributed by atoms with Gasteiger partial charge < -0.3 is 9.64 Å². The van der Waals surface area contributed by atoms with Gasteiger partial charge in [0.25, 0.3) is 5.91 Å². The van der Waals surface area contributed by atoms with E-state index < -0.39 is 11.7 Å². The van der Waals surface area contributed by atoms with Gasteiger partial charge in [-0.2, -0.15) is 5.10 Å². The molecule has 0 aromatic carbocycles. The predicted octanol–water partition coefficient (Wildman–Crippen LogP) is 2.51. The summed E-state index contributed by atoms with van der Waals surface area (Å²) >= 11 is 5.55. The summed E-state index contributed by atoms with van der Waals surface area (Å²) in [6, 6.07) is 3.10. The van der Waals surface area contributed by atoms with Crippen LogP contribution >= 0.6 is 11.6 Å². The smallest absolute Gasteiger partial charge is 0.280 e. The summed E-state index contributed by atoms with van der Waals surface area (Å²) in [7, 11) is 1.51. The third-order valence-corrected chi connectivity index (χ3v) is 5.04. The van der Waals surface area contributed by atoms with Crippen molar-refractivity contribution < 1.29 is 18.8 Å². The number of amides is 1. The molecule has 1 aliphatic heterocycles. The van der Waals surface area contributed by atoms with Gasteiger partial charge in [0.2, 0.25) is 5.88 Å². The first-order valence-corrected chi connectivity index (χ1v) is 9.94. The number of halogens is 2. The minimum Gasteiger partial charge on any atom is -0.481 e. The summed E-state index contributed by atoms with van der Waals surface area (Å²) in [5, 5.41) is 4.17. The summed E-state index contributed by atoms with van der Waals surface area (Å²) in [4.78, 5) is 28.1. The van der Waals surface area contributed by atoms with E-state index in [0.29, 0.717) is 22.9 Å². The lowest BCUT2D eigenvalue weighted by atomic mass is 10.1. The third kappa shape index (κ3) is 3.88. The van der Waals surface area contributed by atoms with Crippen LogP contribution in [0, 0.1) is 5.82 Å². The molecule has 0 unspecified atom stereocenters. The molecule has 30 heavy (non-hydrogen) atoms. The van der Waals surface area contributed by atoms with E-state index in [-0.39, 0.29) is 24.1 Å². The highest BCUT2D eigenvalue weighted by molar-refractivity contribution is 6.18. The van der Waals surface area contributed by atoms with Gasteiger partial charge in [-0.05, 0) is 25.0 Å². The van der Waals surface area contributed by atoms with Crippen LogP contribution in [0.3, 0.4) is 0 Å². The number of alkyl halides is 1. The molecule has 1 fully saturated rings. The molecule has 1 N–H and O–H groups in total. The Morgan fingerprint density at radius 2 is 2.30 bits per heavy atom. The van der Waals surface area contributed by atoms with Crippen molar-refractivity contribution in [2.24, 2.45) is 0 Å². The average Bonchev–Trinajstić information content (AvgIpc) is 3.40. The third-order valence-electron chi connectivity index (χ3n) is 4.89. The number of carbonyl (C=O) groups is 1. The Morgan fingerprint density at radius 3 is 3.10 bits per heavy atom. The van der Waals surface area contributed by atoms with Crippen molar-refractivity contribution in [3.05, 3.63) is 47.7 Å². The monoisotopic (exact) mass is 434 g/mol. The number of carbonyl (C=O) groups excluding carboxylic acids is 1. The fraction of sp³-hybridized carbons (Fsp3) is 0.368. The number of methoxy groups -OCH3 is 1. The Balaban J connectivity index is 1.66. The maximum Gasteiger partial charge on any atom is 0.280 e. The van der Waals surface area contributed by atoms with Crippen LogP contribution in [0.25, 0.3) is 5.65 Å². The summed E-state index contributed by atoms with van der Waals surface area (Å²) in [5.41, 5.74) is 3.65. The number of hydrogen-bond donors (Lipinski definition) is 1. The van der Waals surface area contributed by atoms with E-state index in [9.17, 15) is 9.18 Å². The lowest BCUT2D eigenvalue weighted by molar-refractivity contribution is 0.0373. The largest absolute Gasteiger partial charge is 0.481 e. The second kappa shape index (κ2) is 8.80. The van der Waals surface area contributed by atoms with Crippen LogP contribution in [0.5, 0.6) is 5.88 Å². The van der Waals surface area contributed by atoms with Gasteiger partial charge in [-0.15, -0.1) is 11.6 Å². The fourth-order valence-electron chi connectivity index (χ4n) is 3.61. The highest BCUT2D eigenvalue weighted by Crippen LogP contribution is 2.38. The number of rotatable bonds is 7. The fourth-order valence-corrected chi connectivity index (χ4v) is 3.68. The number of pyridine rings is 1. The number of hydroxylamine groups is 1. The van der Waals surface area contributed by atoms with Gasteiger partial charge in [-0.3, -0.25) is 9.63 Å². The van der Waals surface area contributed by atoms with Gasteiger partial charge in [-0.1, -0.05) is 0 Å². The first-order valence-electron chi connectivity index (χ1n) is 9.41. The maximum atomic E-state index is 13.9. The van der Waals surface area contributed by atoms with Crippen molar-refractivity contribution in [2.45, 2.75) is 18.9 Å². The molecule has 3 aromatic rings. The van der Waals surface area contributed by atoms with E-state index in [4.69, 9.17) is 21.2 Å². The van der Waals surface area contributed by atoms with E-state index >= 15 is 0 Å². The standard InChI is InChI=1S/C19H20ClFN6O3/c1-29-19-13(9-12(21)10-22-19)15-3-2-6-26(15)16-4-7-27-17(24-16)14(11-23-27)18(28)25-30-8-5-20/h4,7,9-11,15H,2-3,5-6,8H2,1H3,(H,25,28)/t15-/m1/s1. The van der Waals surface area contributed by atoms with E-state index in [0.717, 1.165) is 25.6 Å². The molecular formula is C19H20ClFN6O3. The average molecular weight is 435 g/mol.